The van der Waals surface area contributed by atoms with E-state index in [1.54, 1.807) is 41.7 Å². The van der Waals surface area contributed by atoms with Gasteiger partial charge in [0.15, 0.2) is 9.84 Å². The maximum Gasteiger partial charge on any atom is 0.225 e. The highest BCUT2D eigenvalue weighted by atomic mass is 32.2. The first-order chi connectivity index (χ1) is 14.5. The molecule has 4 aromatic rings. The van der Waals surface area contributed by atoms with Gasteiger partial charge in [0.25, 0.3) is 0 Å². The van der Waals surface area contributed by atoms with E-state index < -0.39 is 9.84 Å². The van der Waals surface area contributed by atoms with Crippen LogP contribution in [0.3, 0.4) is 0 Å². The summed E-state index contributed by atoms with van der Waals surface area (Å²) in [5, 5.41) is 3.67. The smallest absolute Gasteiger partial charge is 0.225 e. The summed E-state index contributed by atoms with van der Waals surface area (Å²) < 4.78 is 25.7. The largest absolute Gasteiger partial charge is 0.326 e. The average Bonchev–Trinajstić information content (AvgIpc) is 3.17. The molecule has 30 heavy (non-hydrogen) atoms. The van der Waals surface area contributed by atoms with Crippen LogP contribution in [0.15, 0.2) is 78.9 Å². The van der Waals surface area contributed by atoms with Crippen LogP contribution in [0.5, 0.6) is 0 Å². The highest BCUT2D eigenvalue weighted by Crippen LogP contribution is 2.31. The number of fused-ring (bicyclic) bond motifs is 1. The van der Waals surface area contributed by atoms with E-state index in [2.05, 4.69) is 10.3 Å². The second-order valence-electron chi connectivity index (χ2n) is 6.94. The zero-order chi connectivity index (χ0) is 21.0. The van der Waals surface area contributed by atoms with Crippen LogP contribution < -0.4 is 5.32 Å². The minimum absolute atomic E-state index is 0.0613. The minimum Gasteiger partial charge on any atom is -0.326 e. The molecule has 0 aliphatic rings. The maximum atomic E-state index is 12.3. The summed E-state index contributed by atoms with van der Waals surface area (Å²) in [6, 6.07) is 24.3. The summed E-state index contributed by atoms with van der Waals surface area (Å²) in [6.07, 6.45) is -0.0828. The number of amides is 1. The van der Waals surface area contributed by atoms with Crippen molar-refractivity contribution in [2.75, 3.05) is 11.1 Å². The Morgan fingerprint density at radius 1 is 0.933 bits per heavy atom. The first kappa shape index (κ1) is 20.3. The third kappa shape index (κ3) is 5.11. The molecule has 0 saturated heterocycles. The van der Waals surface area contributed by atoms with Gasteiger partial charge >= 0.3 is 0 Å². The zero-order valence-corrected chi connectivity index (χ0v) is 17.7. The van der Waals surface area contributed by atoms with Crippen molar-refractivity contribution in [3.05, 3.63) is 84.4 Å². The van der Waals surface area contributed by atoms with Crippen LogP contribution >= 0.6 is 11.3 Å². The van der Waals surface area contributed by atoms with E-state index >= 15 is 0 Å². The summed E-state index contributed by atoms with van der Waals surface area (Å²) in [7, 11) is -3.36. The number of benzene rings is 3. The van der Waals surface area contributed by atoms with E-state index in [-0.39, 0.29) is 23.8 Å². The molecule has 0 unspecified atom stereocenters. The Hall–Kier alpha value is -3.03. The molecule has 0 fully saturated rings. The third-order valence-electron chi connectivity index (χ3n) is 4.56. The number of aromatic nitrogens is 1. The molecule has 0 aliphatic carbocycles. The van der Waals surface area contributed by atoms with E-state index in [4.69, 9.17) is 0 Å². The molecule has 0 aliphatic heterocycles. The normalized spacial score (nSPS) is 11.5. The predicted octanol–water partition coefficient (Wildman–Crippen LogP) is 4.91. The Morgan fingerprint density at radius 2 is 1.70 bits per heavy atom. The quantitative estimate of drug-likeness (QED) is 0.447. The monoisotopic (exact) mass is 436 g/mol. The molecule has 1 aromatic heterocycles. The number of nitrogens with one attached hydrogen (secondary N) is 1. The molecule has 7 heteroatoms. The molecule has 0 radical (unpaired) electrons. The predicted molar refractivity (Wildman–Crippen MR) is 122 cm³/mol. The van der Waals surface area contributed by atoms with Gasteiger partial charge in [-0.2, -0.15) is 0 Å². The number of nitrogens with zero attached hydrogens (tertiary/aromatic N) is 1. The van der Waals surface area contributed by atoms with Crippen molar-refractivity contribution in [3.63, 3.8) is 0 Å². The summed E-state index contributed by atoms with van der Waals surface area (Å²) >= 11 is 1.59. The highest BCUT2D eigenvalue weighted by molar-refractivity contribution is 7.90. The van der Waals surface area contributed by atoms with E-state index in [1.807, 2.05) is 48.5 Å². The molecular formula is C23H20N2O3S2. The lowest BCUT2D eigenvalue weighted by atomic mass is 10.2. The van der Waals surface area contributed by atoms with Crippen molar-refractivity contribution < 1.29 is 13.2 Å². The lowest BCUT2D eigenvalue weighted by molar-refractivity contribution is -0.115. The van der Waals surface area contributed by atoms with Gasteiger partial charge in [-0.15, -0.1) is 11.3 Å². The molecule has 0 saturated carbocycles. The number of hydrogen-bond acceptors (Lipinski definition) is 5. The minimum atomic E-state index is -3.36. The van der Waals surface area contributed by atoms with Crippen LogP contribution in [0.25, 0.3) is 20.8 Å². The topological polar surface area (TPSA) is 76.1 Å². The van der Waals surface area contributed by atoms with Crippen molar-refractivity contribution >= 4 is 43.0 Å². The van der Waals surface area contributed by atoms with Crippen LogP contribution in [0.1, 0.15) is 12.0 Å². The first-order valence-electron chi connectivity index (χ1n) is 9.49. The molecule has 5 nitrogen and oxygen atoms in total. The number of rotatable bonds is 7. The molecule has 0 spiro atoms. The molecule has 1 amide bonds. The number of sulfone groups is 1. The number of carbonyl (C=O) groups excluding carboxylic acids is 1. The van der Waals surface area contributed by atoms with Gasteiger partial charge in [-0.25, -0.2) is 13.4 Å². The molecule has 0 atom stereocenters. The lowest BCUT2D eigenvalue weighted by Crippen LogP contribution is -2.18. The van der Waals surface area contributed by atoms with Crippen LogP contribution in [-0.4, -0.2) is 25.1 Å². The molecule has 1 N–H and O–H groups in total. The average molecular weight is 437 g/mol. The van der Waals surface area contributed by atoms with Gasteiger partial charge in [-0.05, 0) is 29.8 Å². The summed E-state index contributed by atoms with van der Waals surface area (Å²) in [5.41, 5.74) is 3.19. The van der Waals surface area contributed by atoms with Crippen molar-refractivity contribution in [1.82, 2.24) is 4.98 Å². The number of thiazole rings is 1. The fraction of sp³-hybridized carbons (Fsp3) is 0.130. The van der Waals surface area contributed by atoms with Crippen molar-refractivity contribution in [1.29, 1.82) is 0 Å². The van der Waals surface area contributed by atoms with E-state index in [9.17, 15) is 13.2 Å². The summed E-state index contributed by atoms with van der Waals surface area (Å²) in [6.45, 7) is 0. The Bertz CT molecular complexity index is 1250. The second kappa shape index (κ2) is 8.77. The van der Waals surface area contributed by atoms with E-state index in [1.165, 1.54) is 0 Å². The number of hydrogen-bond donors (Lipinski definition) is 1. The molecule has 3 aromatic carbocycles. The Balaban J connectivity index is 1.39. The van der Waals surface area contributed by atoms with E-state index in [0.29, 0.717) is 5.69 Å². The molecule has 1 heterocycles. The number of para-hydroxylation sites is 1. The maximum absolute atomic E-state index is 12.3. The fourth-order valence-electron chi connectivity index (χ4n) is 3.10. The molecule has 152 valence electrons. The van der Waals surface area contributed by atoms with Crippen LogP contribution in [-0.2, 0) is 20.4 Å². The lowest BCUT2D eigenvalue weighted by Gasteiger charge is -2.07. The van der Waals surface area contributed by atoms with Gasteiger partial charge in [0, 0.05) is 17.7 Å². The Labute approximate surface area is 179 Å². The van der Waals surface area contributed by atoms with Gasteiger partial charge in [-0.3, -0.25) is 4.79 Å². The van der Waals surface area contributed by atoms with Crippen molar-refractivity contribution in [3.8, 4) is 10.6 Å². The van der Waals surface area contributed by atoms with Gasteiger partial charge in [0.1, 0.15) is 5.01 Å². The fourth-order valence-corrected chi connectivity index (χ4v) is 5.40. The summed E-state index contributed by atoms with van der Waals surface area (Å²) in [4.78, 5) is 16.9. The second-order valence-corrected chi connectivity index (χ2v) is 10.2. The van der Waals surface area contributed by atoms with Crippen LogP contribution in [0.2, 0.25) is 0 Å². The highest BCUT2D eigenvalue weighted by Gasteiger charge is 2.15. The standard InChI is InChI=1S/C23H20N2O3S2/c26-22(13-14-30(27,28)16-17-7-2-1-3-8-17)24-19-10-6-9-18(15-19)23-25-20-11-4-5-12-21(20)29-23/h1-12,15H,13-14,16H2,(H,24,26). The van der Waals surface area contributed by atoms with Gasteiger partial charge in [-0.1, -0.05) is 54.6 Å². The molecular weight excluding hydrogens is 416 g/mol. The Kier molecular flexibility index (Phi) is 5.92. The van der Waals surface area contributed by atoms with Gasteiger partial charge in [0.05, 0.1) is 21.7 Å². The number of anilines is 1. The van der Waals surface area contributed by atoms with Crippen molar-refractivity contribution in [2.24, 2.45) is 0 Å². The van der Waals surface area contributed by atoms with Gasteiger partial charge < -0.3 is 5.32 Å². The SMILES string of the molecule is O=C(CCS(=O)(=O)Cc1ccccc1)Nc1cccc(-c2nc3ccccc3s2)c1. The van der Waals surface area contributed by atoms with Crippen molar-refractivity contribution in [2.45, 2.75) is 12.2 Å². The third-order valence-corrected chi connectivity index (χ3v) is 7.24. The molecule has 0 bridgehead atoms. The van der Waals surface area contributed by atoms with Gasteiger partial charge in [0.2, 0.25) is 5.91 Å². The summed E-state index contributed by atoms with van der Waals surface area (Å²) in [5.74, 6) is -0.576. The van der Waals surface area contributed by atoms with Crippen LogP contribution in [0.4, 0.5) is 5.69 Å². The number of carbonyl (C=O) groups is 1. The zero-order valence-electron chi connectivity index (χ0n) is 16.1. The first-order valence-corrected chi connectivity index (χ1v) is 12.1. The van der Waals surface area contributed by atoms with Crippen LogP contribution in [0, 0.1) is 0 Å². The Morgan fingerprint density at radius 3 is 2.50 bits per heavy atom. The van der Waals surface area contributed by atoms with E-state index in [0.717, 1.165) is 26.4 Å². The molecule has 4 rings (SSSR count).